The van der Waals surface area contributed by atoms with E-state index in [9.17, 15) is 19.7 Å². The van der Waals surface area contributed by atoms with Crippen molar-refractivity contribution in [3.05, 3.63) is 112 Å². The molecule has 0 unspecified atom stereocenters. The number of rotatable bonds is 7. The summed E-state index contributed by atoms with van der Waals surface area (Å²) in [5.41, 5.74) is 1.08. The highest BCUT2D eigenvalue weighted by atomic mass is 35.5. The Morgan fingerprint density at radius 2 is 1.98 bits per heavy atom. The van der Waals surface area contributed by atoms with Crippen LogP contribution in [0.15, 0.2) is 80.1 Å². The number of carbonyl (C=O) groups is 1. The molecule has 12 heteroatoms. The third kappa shape index (κ3) is 4.96. The van der Waals surface area contributed by atoms with Crippen molar-refractivity contribution < 1.29 is 23.6 Å². The van der Waals surface area contributed by atoms with Crippen LogP contribution in [0.25, 0.3) is 17.4 Å². The van der Waals surface area contributed by atoms with Crippen molar-refractivity contribution in [3.63, 3.8) is 0 Å². The molecule has 0 radical (unpaired) electrons. The molecule has 1 aliphatic heterocycles. The van der Waals surface area contributed by atoms with E-state index in [2.05, 4.69) is 4.99 Å². The predicted octanol–water partition coefficient (Wildman–Crippen LogP) is 4.63. The maximum atomic E-state index is 13.8. The highest BCUT2D eigenvalue weighted by molar-refractivity contribution is 7.07. The molecule has 0 fully saturated rings. The fourth-order valence-electron chi connectivity index (χ4n) is 4.37. The molecule has 1 atom stereocenters. The number of halogens is 1. The molecule has 2 aromatic carbocycles. The van der Waals surface area contributed by atoms with Gasteiger partial charge < -0.3 is 13.9 Å². The zero-order chi connectivity index (χ0) is 28.6. The molecule has 0 spiro atoms. The third-order valence-electron chi connectivity index (χ3n) is 6.25. The number of esters is 1. The Balaban J connectivity index is 1.67. The first kappa shape index (κ1) is 27.1. The van der Waals surface area contributed by atoms with E-state index in [4.69, 9.17) is 25.5 Å². The van der Waals surface area contributed by atoms with Gasteiger partial charge in [-0.2, -0.15) is 0 Å². The second kappa shape index (κ2) is 10.9. The van der Waals surface area contributed by atoms with Gasteiger partial charge in [-0.1, -0.05) is 35.1 Å². The lowest BCUT2D eigenvalue weighted by atomic mass is 10.0. The molecule has 0 aliphatic carbocycles. The summed E-state index contributed by atoms with van der Waals surface area (Å²) < 4.78 is 18.4. The SMILES string of the molecule is CCOC(=O)C1=C(C)N=c2s/c(=C\c3ccc(OC)cc3)c(=O)n2[C@H]1c1ccc(-c2cc([N+](=O)[O-])ccc2Cl)o1. The number of hydrogen-bond acceptors (Lipinski definition) is 9. The van der Waals surface area contributed by atoms with Gasteiger partial charge in [0.05, 0.1) is 39.5 Å². The van der Waals surface area contributed by atoms with Gasteiger partial charge in [0.15, 0.2) is 4.80 Å². The van der Waals surface area contributed by atoms with E-state index in [-0.39, 0.29) is 40.0 Å². The summed E-state index contributed by atoms with van der Waals surface area (Å²) >= 11 is 7.51. The van der Waals surface area contributed by atoms with E-state index in [1.54, 1.807) is 51.3 Å². The van der Waals surface area contributed by atoms with Crippen molar-refractivity contribution in [2.24, 2.45) is 4.99 Å². The van der Waals surface area contributed by atoms with Gasteiger partial charge in [-0.05, 0) is 55.8 Å². The average Bonchev–Trinajstić information content (AvgIpc) is 3.53. The molecular formula is C28H22ClN3O7S. The summed E-state index contributed by atoms with van der Waals surface area (Å²) in [6.45, 7) is 3.47. The van der Waals surface area contributed by atoms with Crippen LogP contribution in [0, 0.1) is 10.1 Å². The van der Waals surface area contributed by atoms with Crippen LogP contribution in [0.2, 0.25) is 5.02 Å². The van der Waals surface area contributed by atoms with Gasteiger partial charge in [-0.3, -0.25) is 19.5 Å². The fraction of sp³-hybridized carbons (Fsp3) is 0.179. The van der Waals surface area contributed by atoms with Crippen LogP contribution >= 0.6 is 22.9 Å². The van der Waals surface area contributed by atoms with E-state index in [1.165, 1.54) is 34.1 Å². The van der Waals surface area contributed by atoms with E-state index in [0.29, 0.717) is 26.3 Å². The lowest BCUT2D eigenvalue weighted by Gasteiger charge is -2.22. The summed E-state index contributed by atoms with van der Waals surface area (Å²) in [6.07, 6.45) is 1.74. The largest absolute Gasteiger partial charge is 0.497 e. The molecule has 3 heterocycles. The lowest BCUT2D eigenvalue weighted by molar-refractivity contribution is -0.384. The molecule has 0 bridgehead atoms. The van der Waals surface area contributed by atoms with Crippen LogP contribution in [0.1, 0.15) is 31.2 Å². The topological polar surface area (TPSA) is 126 Å². The van der Waals surface area contributed by atoms with Crippen molar-refractivity contribution in [2.45, 2.75) is 19.9 Å². The Hall–Kier alpha value is -4.48. The van der Waals surface area contributed by atoms with E-state index < -0.39 is 16.9 Å². The molecule has 2 aromatic heterocycles. The first-order chi connectivity index (χ1) is 19.2. The number of nitrogens with zero attached hydrogens (tertiary/aromatic N) is 3. The first-order valence-electron chi connectivity index (χ1n) is 12.1. The van der Waals surface area contributed by atoms with Crippen LogP contribution in [0.4, 0.5) is 5.69 Å². The zero-order valence-electron chi connectivity index (χ0n) is 21.5. The first-order valence-corrected chi connectivity index (χ1v) is 13.3. The second-order valence-electron chi connectivity index (χ2n) is 8.70. The minimum absolute atomic E-state index is 0.122. The second-order valence-corrected chi connectivity index (χ2v) is 10.1. The van der Waals surface area contributed by atoms with Crippen LogP contribution in [-0.4, -0.2) is 29.2 Å². The van der Waals surface area contributed by atoms with Gasteiger partial charge in [0.25, 0.3) is 11.2 Å². The van der Waals surface area contributed by atoms with Crippen molar-refractivity contribution in [1.82, 2.24) is 4.57 Å². The van der Waals surface area contributed by atoms with Crippen molar-refractivity contribution in [1.29, 1.82) is 0 Å². The highest BCUT2D eigenvalue weighted by Crippen LogP contribution is 2.37. The maximum Gasteiger partial charge on any atom is 0.338 e. The van der Waals surface area contributed by atoms with Gasteiger partial charge in [0.2, 0.25) is 0 Å². The van der Waals surface area contributed by atoms with Gasteiger partial charge in [0.1, 0.15) is 23.3 Å². The molecule has 0 saturated carbocycles. The molecule has 0 N–H and O–H groups in total. The molecule has 0 amide bonds. The number of nitro groups is 1. The fourth-order valence-corrected chi connectivity index (χ4v) is 5.63. The van der Waals surface area contributed by atoms with Crippen molar-refractivity contribution in [2.75, 3.05) is 13.7 Å². The maximum absolute atomic E-state index is 13.8. The molecule has 4 aromatic rings. The van der Waals surface area contributed by atoms with E-state index in [0.717, 1.165) is 5.56 Å². The molecule has 5 rings (SSSR count). The van der Waals surface area contributed by atoms with Gasteiger partial charge in [0, 0.05) is 17.7 Å². The summed E-state index contributed by atoms with van der Waals surface area (Å²) in [5.74, 6) is 0.532. The van der Waals surface area contributed by atoms with Crippen LogP contribution in [-0.2, 0) is 9.53 Å². The molecule has 0 saturated heterocycles. The number of carbonyl (C=O) groups excluding carboxylic acids is 1. The number of fused-ring (bicyclic) bond motifs is 1. The summed E-state index contributed by atoms with van der Waals surface area (Å²) in [6, 6.07) is 13.4. The van der Waals surface area contributed by atoms with Crippen molar-refractivity contribution in [3.8, 4) is 17.1 Å². The number of hydrogen-bond donors (Lipinski definition) is 0. The predicted molar refractivity (Wildman–Crippen MR) is 149 cm³/mol. The number of aromatic nitrogens is 1. The number of methoxy groups -OCH3 is 1. The Morgan fingerprint density at radius 1 is 1.23 bits per heavy atom. The van der Waals surface area contributed by atoms with Gasteiger partial charge in [-0.25, -0.2) is 9.79 Å². The molecule has 1 aliphatic rings. The lowest BCUT2D eigenvalue weighted by Crippen LogP contribution is -2.39. The summed E-state index contributed by atoms with van der Waals surface area (Å²) in [4.78, 5) is 42.6. The average molecular weight is 580 g/mol. The normalized spacial score (nSPS) is 15.0. The minimum Gasteiger partial charge on any atom is -0.497 e. The van der Waals surface area contributed by atoms with Crippen molar-refractivity contribution >= 4 is 40.7 Å². The molecule has 204 valence electrons. The Labute approximate surface area is 236 Å². The van der Waals surface area contributed by atoms with Crippen LogP contribution in [0.3, 0.4) is 0 Å². The number of benzene rings is 2. The van der Waals surface area contributed by atoms with E-state index >= 15 is 0 Å². The number of furan rings is 1. The quantitative estimate of drug-likeness (QED) is 0.177. The molecule has 10 nitrogen and oxygen atoms in total. The number of ether oxygens (including phenoxy) is 2. The van der Waals surface area contributed by atoms with E-state index in [1.807, 2.05) is 12.1 Å². The van der Waals surface area contributed by atoms with Crippen LogP contribution in [0.5, 0.6) is 5.75 Å². The monoisotopic (exact) mass is 579 g/mol. The number of allylic oxidation sites excluding steroid dienone is 1. The Bertz CT molecular complexity index is 1850. The smallest absolute Gasteiger partial charge is 0.338 e. The van der Waals surface area contributed by atoms with Crippen LogP contribution < -0.4 is 19.6 Å². The number of nitro benzene ring substituents is 1. The summed E-state index contributed by atoms with van der Waals surface area (Å²) in [7, 11) is 1.57. The number of non-ortho nitro benzene ring substituents is 1. The highest BCUT2D eigenvalue weighted by Gasteiger charge is 2.35. The molecular weight excluding hydrogens is 558 g/mol. The standard InChI is InChI=1S/C28H22ClN3O7S/c1-4-38-27(34)24-15(2)30-28-31(26(33)23(40-28)13-16-5-8-18(37-3)9-6-16)25(24)22-12-11-21(39-22)19-14-17(32(35)36)7-10-20(19)29/h5-14,25H,4H2,1-3H3/b23-13-/t25-/m0/s1. The zero-order valence-corrected chi connectivity index (χ0v) is 23.1. The molecule has 40 heavy (non-hydrogen) atoms. The Morgan fingerprint density at radius 3 is 2.65 bits per heavy atom. The number of thiazole rings is 1. The minimum atomic E-state index is -0.987. The third-order valence-corrected chi connectivity index (χ3v) is 7.57. The van der Waals surface area contributed by atoms with Gasteiger partial charge >= 0.3 is 5.97 Å². The van der Waals surface area contributed by atoms with Gasteiger partial charge in [-0.15, -0.1) is 0 Å². The Kier molecular flexibility index (Phi) is 7.42. The summed E-state index contributed by atoms with van der Waals surface area (Å²) in [5, 5.41) is 11.6.